The van der Waals surface area contributed by atoms with Gasteiger partial charge in [-0.2, -0.15) is 0 Å². The number of carbonyl (C=O) groups is 3. The molecule has 118 valence electrons. The van der Waals surface area contributed by atoms with Crippen LogP contribution in [0.4, 0.5) is 0 Å². The molecule has 2 N–H and O–H groups in total. The molecule has 1 aromatic carbocycles. The van der Waals surface area contributed by atoms with Gasteiger partial charge in [0.25, 0.3) is 5.91 Å². The van der Waals surface area contributed by atoms with E-state index >= 15 is 0 Å². The highest BCUT2D eigenvalue weighted by Gasteiger charge is 2.22. The fraction of sp³-hybridized carbons (Fsp3) is 0.438. The lowest BCUT2D eigenvalue weighted by Crippen LogP contribution is -2.46. The van der Waals surface area contributed by atoms with E-state index in [9.17, 15) is 14.4 Å². The zero-order chi connectivity index (χ0) is 15.9. The summed E-state index contributed by atoms with van der Waals surface area (Å²) in [6, 6.07) is 9.72. The standard InChI is InChI=1S/C16H21N3O3/c1-12(13-6-3-2-4-7-13)10-14(20)17-18-15(21)11-19-9-5-8-16(19)22/h2-4,6-7,12H,5,8-11H2,1H3,(H,17,20)(H,18,21)/t12-/m1/s1. The van der Waals surface area contributed by atoms with Crippen molar-refractivity contribution in [2.75, 3.05) is 13.1 Å². The van der Waals surface area contributed by atoms with Crippen molar-refractivity contribution in [3.05, 3.63) is 35.9 Å². The topological polar surface area (TPSA) is 78.5 Å². The molecule has 2 rings (SSSR count). The van der Waals surface area contributed by atoms with Gasteiger partial charge in [-0.3, -0.25) is 25.2 Å². The first kappa shape index (κ1) is 16.0. The molecule has 6 nitrogen and oxygen atoms in total. The molecule has 1 aromatic rings. The van der Waals surface area contributed by atoms with Gasteiger partial charge in [0.2, 0.25) is 11.8 Å². The van der Waals surface area contributed by atoms with Crippen LogP contribution in [0.3, 0.4) is 0 Å². The van der Waals surface area contributed by atoms with Crippen molar-refractivity contribution in [1.29, 1.82) is 0 Å². The number of carbonyl (C=O) groups excluding carboxylic acids is 3. The zero-order valence-corrected chi connectivity index (χ0v) is 12.7. The summed E-state index contributed by atoms with van der Waals surface area (Å²) in [7, 11) is 0. The van der Waals surface area contributed by atoms with E-state index in [2.05, 4.69) is 10.9 Å². The maximum atomic E-state index is 11.8. The highest BCUT2D eigenvalue weighted by Crippen LogP contribution is 2.17. The van der Waals surface area contributed by atoms with Gasteiger partial charge in [0.15, 0.2) is 0 Å². The Kier molecular flexibility index (Phi) is 5.52. The highest BCUT2D eigenvalue weighted by atomic mass is 16.2. The molecule has 3 amide bonds. The molecule has 1 fully saturated rings. The largest absolute Gasteiger partial charge is 0.333 e. The predicted octanol–water partition coefficient (Wildman–Crippen LogP) is 0.950. The predicted molar refractivity (Wildman–Crippen MR) is 81.6 cm³/mol. The quantitative estimate of drug-likeness (QED) is 0.795. The SMILES string of the molecule is C[C@H](CC(=O)NNC(=O)CN1CCCC1=O)c1ccccc1. The molecule has 1 aliphatic rings. The van der Waals surface area contributed by atoms with Gasteiger partial charge < -0.3 is 4.90 Å². The van der Waals surface area contributed by atoms with E-state index in [0.29, 0.717) is 13.0 Å². The average Bonchev–Trinajstić information content (AvgIpc) is 2.91. The van der Waals surface area contributed by atoms with E-state index in [-0.39, 0.29) is 36.6 Å². The molecule has 6 heteroatoms. The number of amides is 3. The van der Waals surface area contributed by atoms with Crippen molar-refractivity contribution in [3.8, 4) is 0 Å². The van der Waals surface area contributed by atoms with Crippen LogP contribution in [0.25, 0.3) is 0 Å². The molecular formula is C16H21N3O3. The lowest BCUT2D eigenvalue weighted by molar-refractivity contribution is -0.134. The molecule has 0 spiro atoms. The average molecular weight is 303 g/mol. The molecule has 0 radical (unpaired) electrons. The van der Waals surface area contributed by atoms with Crippen molar-refractivity contribution >= 4 is 17.7 Å². The minimum Gasteiger partial charge on any atom is -0.333 e. The van der Waals surface area contributed by atoms with Crippen LogP contribution in [0.5, 0.6) is 0 Å². The second kappa shape index (κ2) is 7.59. The summed E-state index contributed by atoms with van der Waals surface area (Å²) in [4.78, 5) is 36.4. The van der Waals surface area contributed by atoms with Gasteiger partial charge in [0, 0.05) is 19.4 Å². The summed E-state index contributed by atoms with van der Waals surface area (Å²) >= 11 is 0. The third kappa shape index (κ3) is 4.58. The van der Waals surface area contributed by atoms with Gasteiger partial charge in [0.1, 0.15) is 6.54 Å². The van der Waals surface area contributed by atoms with Crippen LogP contribution in [0.2, 0.25) is 0 Å². The van der Waals surface area contributed by atoms with Crippen LogP contribution in [0.15, 0.2) is 30.3 Å². The van der Waals surface area contributed by atoms with Crippen LogP contribution in [-0.2, 0) is 14.4 Å². The zero-order valence-electron chi connectivity index (χ0n) is 12.7. The second-order valence-corrected chi connectivity index (χ2v) is 5.53. The van der Waals surface area contributed by atoms with E-state index in [1.807, 2.05) is 37.3 Å². The van der Waals surface area contributed by atoms with Crippen molar-refractivity contribution in [2.45, 2.75) is 32.1 Å². The van der Waals surface area contributed by atoms with Crippen molar-refractivity contribution < 1.29 is 14.4 Å². The fourth-order valence-electron chi connectivity index (χ4n) is 2.45. The summed E-state index contributed by atoms with van der Waals surface area (Å²) in [5, 5.41) is 0. The lowest BCUT2D eigenvalue weighted by Gasteiger charge is -2.16. The number of nitrogens with zero attached hydrogens (tertiary/aromatic N) is 1. The number of hydrogen-bond acceptors (Lipinski definition) is 3. The normalized spacial score (nSPS) is 15.5. The number of rotatable bonds is 5. The lowest BCUT2D eigenvalue weighted by atomic mass is 9.98. The molecule has 0 aromatic heterocycles. The number of hydrogen-bond donors (Lipinski definition) is 2. The summed E-state index contributed by atoms with van der Waals surface area (Å²) < 4.78 is 0. The summed E-state index contributed by atoms with van der Waals surface area (Å²) in [5.41, 5.74) is 5.83. The summed E-state index contributed by atoms with van der Waals surface area (Å²) in [6.45, 7) is 2.55. The van der Waals surface area contributed by atoms with Crippen LogP contribution < -0.4 is 10.9 Å². The monoisotopic (exact) mass is 303 g/mol. The molecule has 22 heavy (non-hydrogen) atoms. The smallest absolute Gasteiger partial charge is 0.257 e. The first-order chi connectivity index (χ1) is 10.6. The van der Waals surface area contributed by atoms with E-state index in [1.165, 1.54) is 4.90 Å². The Bertz CT molecular complexity index is 545. The second-order valence-electron chi connectivity index (χ2n) is 5.53. The van der Waals surface area contributed by atoms with E-state index < -0.39 is 0 Å². The number of likely N-dealkylation sites (tertiary alicyclic amines) is 1. The number of hydrazine groups is 1. The van der Waals surface area contributed by atoms with E-state index in [4.69, 9.17) is 0 Å². The Morgan fingerprint density at radius 3 is 2.50 bits per heavy atom. The van der Waals surface area contributed by atoms with Crippen LogP contribution in [0.1, 0.15) is 37.7 Å². The Hall–Kier alpha value is -2.37. The molecule has 1 saturated heterocycles. The van der Waals surface area contributed by atoms with Gasteiger partial charge in [-0.15, -0.1) is 0 Å². The molecule has 0 bridgehead atoms. The van der Waals surface area contributed by atoms with Crippen molar-refractivity contribution in [3.63, 3.8) is 0 Å². The molecule has 1 atom stereocenters. The highest BCUT2D eigenvalue weighted by molar-refractivity contribution is 5.87. The third-order valence-corrected chi connectivity index (χ3v) is 3.71. The molecule has 0 unspecified atom stereocenters. The van der Waals surface area contributed by atoms with Crippen LogP contribution >= 0.6 is 0 Å². The van der Waals surface area contributed by atoms with Gasteiger partial charge in [-0.1, -0.05) is 37.3 Å². The molecule has 1 heterocycles. The Balaban J connectivity index is 1.71. The fourth-order valence-corrected chi connectivity index (χ4v) is 2.45. The maximum Gasteiger partial charge on any atom is 0.257 e. The number of nitrogens with one attached hydrogen (secondary N) is 2. The van der Waals surface area contributed by atoms with Crippen molar-refractivity contribution in [2.24, 2.45) is 0 Å². The molecular weight excluding hydrogens is 282 g/mol. The first-order valence-corrected chi connectivity index (χ1v) is 7.46. The minimum absolute atomic E-state index is 0.00660. The van der Waals surface area contributed by atoms with Crippen molar-refractivity contribution in [1.82, 2.24) is 15.8 Å². The molecule has 0 aliphatic carbocycles. The van der Waals surface area contributed by atoms with E-state index in [1.54, 1.807) is 0 Å². The van der Waals surface area contributed by atoms with Crippen LogP contribution in [0, 0.1) is 0 Å². The Labute approximate surface area is 129 Å². The number of benzene rings is 1. The van der Waals surface area contributed by atoms with Gasteiger partial charge in [0.05, 0.1) is 0 Å². The third-order valence-electron chi connectivity index (χ3n) is 3.71. The van der Waals surface area contributed by atoms with Gasteiger partial charge in [-0.05, 0) is 17.9 Å². The molecule has 1 aliphatic heterocycles. The van der Waals surface area contributed by atoms with Gasteiger partial charge >= 0.3 is 0 Å². The summed E-state index contributed by atoms with van der Waals surface area (Å²) in [6.07, 6.45) is 1.56. The first-order valence-electron chi connectivity index (χ1n) is 7.46. The Morgan fingerprint density at radius 1 is 1.18 bits per heavy atom. The molecule has 0 saturated carbocycles. The van der Waals surface area contributed by atoms with Crippen LogP contribution in [-0.4, -0.2) is 35.7 Å². The summed E-state index contributed by atoms with van der Waals surface area (Å²) in [5.74, 6) is -0.578. The van der Waals surface area contributed by atoms with E-state index in [0.717, 1.165) is 12.0 Å². The maximum absolute atomic E-state index is 11.8. The minimum atomic E-state index is -0.379. The van der Waals surface area contributed by atoms with Gasteiger partial charge in [-0.25, -0.2) is 0 Å². The Morgan fingerprint density at radius 2 is 1.86 bits per heavy atom.